The number of aryl methyl sites for hydroxylation is 2. The van der Waals surface area contributed by atoms with Gasteiger partial charge >= 0.3 is 0 Å². The molecule has 0 radical (unpaired) electrons. The summed E-state index contributed by atoms with van der Waals surface area (Å²) >= 11 is 0. The molecule has 1 aliphatic heterocycles. The van der Waals surface area contributed by atoms with Crippen molar-refractivity contribution in [2.75, 3.05) is 19.6 Å². The topological polar surface area (TPSA) is 88.3 Å². The minimum absolute atomic E-state index is 0.0448. The molecule has 1 aliphatic rings. The summed E-state index contributed by atoms with van der Waals surface area (Å²) in [5, 5.41) is 3.25. The Labute approximate surface area is 124 Å². The predicted octanol–water partition coefficient (Wildman–Crippen LogP) is 0.378. The molecule has 21 heavy (non-hydrogen) atoms. The zero-order valence-corrected chi connectivity index (χ0v) is 12.6. The summed E-state index contributed by atoms with van der Waals surface area (Å²) in [4.78, 5) is 30.0. The SMILES string of the molecule is Cc1ccc(C(=O)N(CC(N)=O)C2CCNCC2)c(C)n1. The molecule has 0 saturated carbocycles. The first-order valence-electron chi connectivity index (χ1n) is 7.23. The summed E-state index contributed by atoms with van der Waals surface area (Å²) in [6, 6.07) is 3.63. The highest BCUT2D eigenvalue weighted by Crippen LogP contribution is 2.17. The minimum atomic E-state index is -0.486. The van der Waals surface area contributed by atoms with Gasteiger partial charge in [-0.15, -0.1) is 0 Å². The molecule has 1 aromatic heterocycles. The second-order valence-electron chi connectivity index (χ2n) is 5.47. The Morgan fingerprint density at radius 1 is 1.33 bits per heavy atom. The second-order valence-corrected chi connectivity index (χ2v) is 5.47. The lowest BCUT2D eigenvalue weighted by Gasteiger charge is -2.34. The van der Waals surface area contributed by atoms with Crippen LogP contribution in [-0.4, -0.2) is 47.4 Å². The first kappa shape index (κ1) is 15.4. The molecule has 0 atom stereocenters. The van der Waals surface area contributed by atoms with E-state index < -0.39 is 5.91 Å². The summed E-state index contributed by atoms with van der Waals surface area (Å²) in [6.07, 6.45) is 1.66. The van der Waals surface area contributed by atoms with E-state index in [1.807, 2.05) is 19.9 Å². The lowest BCUT2D eigenvalue weighted by molar-refractivity contribution is -0.119. The van der Waals surface area contributed by atoms with Crippen LogP contribution in [0.3, 0.4) is 0 Å². The van der Waals surface area contributed by atoms with Crippen molar-refractivity contribution in [1.82, 2.24) is 15.2 Å². The Morgan fingerprint density at radius 2 is 2.00 bits per heavy atom. The molecule has 2 amide bonds. The van der Waals surface area contributed by atoms with Gasteiger partial charge in [0.2, 0.25) is 5.91 Å². The van der Waals surface area contributed by atoms with Gasteiger partial charge in [-0.1, -0.05) is 0 Å². The van der Waals surface area contributed by atoms with E-state index in [4.69, 9.17) is 5.73 Å². The molecule has 114 valence electrons. The quantitative estimate of drug-likeness (QED) is 0.839. The molecule has 0 aromatic carbocycles. The van der Waals surface area contributed by atoms with Gasteiger partial charge in [-0.25, -0.2) is 0 Å². The number of amides is 2. The van der Waals surface area contributed by atoms with Gasteiger partial charge < -0.3 is 16.0 Å². The van der Waals surface area contributed by atoms with Crippen molar-refractivity contribution in [2.45, 2.75) is 32.7 Å². The van der Waals surface area contributed by atoms with Gasteiger partial charge in [0.05, 0.1) is 17.8 Å². The third-order valence-electron chi connectivity index (χ3n) is 3.79. The normalized spacial score (nSPS) is 15.7. The Kier molecular flexibility index (Phi) is 4.90. The molecule has 1 aromatic rings. The van der Waals surface area contributed by atoms with E-state index in [1.54, 1.807) is 11.0 Å². The number of carbonyl (C=O) groups excluding carboxylic acids is 2. The number of aromatic nitrogens is 1. The van der Waals surface area contributed by atoms with Crippen LogP contribution in [0.25, 0.3) is 0 Å². The number of rotatable bonds is 4. The van der Waals surface area contributed by atoms with E-state index in [0.717, 1.165) is 31.6 Å². The maximum absolute atomic E-state index is 12.8. The van der Waals surface area contributed by atoms with Gasteiger partial charge in [0.1, 0.15) is 0 Å². The zero-order chi connectivity index (χ0) is 15.4. The van der Waals surface area contributed by atoms with Crippen LogP contribution in [0.5, 0.6) is 0 Å². The number of pyridine rings is 1. The van der Waals surface area contributed by atoms with Crippen LogP contribution >= 0.6 is 0 Å². The van der Waals surface area contributed by atoms with Crippen LogP contribution in [-0.2, 0) is 4.79 Å². The van der Waals surface area contributed by atoms with Crippen LogP contribution in [0, 0.1) is 13.8 Å². The van der Waals surface area contributed by atoms with Crippen LogP contribution in [0.2, 0.25) is 0 Å². The van der Waals surface area contributed by atoms with E-state index in [1.165, 1.54) is 0 Å². The summed E-state index contributed by atoms with van der Waals surface area (Å²) in [5.74, 6) is -0.648. The fourth-order valence-corrected chi connectivity index (χ4v) is 2.72. The van der Waals surface area contributed by atoms with Crippen molar-refractivity contribution in [3.8, 4) is 0 Å². The Bertz CT molecular complexity index is 538. The van der Waals surface area contributed by atoms with Gasteiger partial charge in [-0.3, -0.25) is 14.6 Å². The molecule has 3 N–H and O–H groups in total. The first-order chi connectivity index (χ1) is 9.99. The highest BCUT2D eigenvalue weighted by atomic mass is 16.2. The largest absolute Gasteiger partial charge is 0.368 e. The van der Waals surface area contributed by atoms with Crippen LogP contribution in [0.4, 0.5) is 0 Å². The first-order valence-corrected chi connectivity index (χ1v) is 7.23. The Hall–Kier alpha value is -1.95. The zero-order valence-electron chi connectivity index (χ0n) is 12.6. The fourth-order valence-electron chi connectivity index (χ4n) is 2.72. The molecule has 0 spiro atoms. The molecule has 6 nitrogen and oxygen atoms in total. The van der Waals surface area contributed by atoms with Gasteiger partial charge in [-0.2, -0.15) is 0 Å². The predicted molar refractivity (Wildman–Crippen MR) is 79.8 cm³/mol. The summed E-state index contributed by atoms with van der Waals surface area (Å²) in [6.45, 7) is 5.34. The number of nitrogens with one attached hydrogen (secondary N) is 1. The maximum Gasteiger partial charge on any atom is 0.256 e. The third-order valence-corrected chi connectivity index (χ3v) is 3.79. The summed E-state index contributed by atoms with van der Waals surface area (Å²) < 4.78 is 0. The fraction of sp³-hybridized carbons (Fsp3) is 0.533. The van der Waals surface area contributed by atoms with Crippen molar-refractivity contribution >= 4 is 11.8 Å². The molecule has 2 rings (SSSR count). The lowest BCUT2D eigenvalue weighted by Crippen LogP contribution is -2.49. The van der Waals surface area contributed by atoms with Gasteiger partial charge in [-0.05, 0) is 51.9 Å². The van der Waals surface area contributed by atoms with Gasteiger partial charge in [0, 0.05) is 11.7 Å². The highest BCUT2D eigenvalue weighted by molar-refractivity contribution is 5.97. The molecule has 6 heteroatoms. The average molecular weight is 290 g/mol. The molecule has 0 aliphatic carbocycles. The number of carbonyl (C=O) groups is 2. The van der Waals surface area contributed by atoms with Crippen molar-refractivity contribution in [2.24, 2.45) is 5.73 Å². The highest BCUT2D eigenvalue weighted by Gasteiger charge is 2.28. The Balaban J connectivity index is 2.26. The molecule has 0 bridgehead atoms. The second kappa shape index (κ2) is 6.67. The van der Waals surface area contributed by atoms with E-state index in [0.29, 0.717) is 11.3 Å². The standard InChI is InChI=1S/C15H22N4O2/c1-10-3-4-13(11(2)18-10)15(21)19(9-14(16)20)12-5-7-17-8-6-12/h3-4,12,17H,5-9H2,1-2H3,(H2,16,20). The minimum Gasteiger partial charge on any atom is -0.368 e. The number of piperidine rings is 1. The lowest BCUT2D eigenvalue weighted by atomic mass is 10.0. The number of hydrogen-bond acceptors (Lipinski definition) is 4. The summed E-state index contributed by atoms with van der Waals surface area (Å²) in [7, 11) is 0. The molecule has 0 unspecified atom stereocenters. The van der Waals surface area contributed by atoms with Crippen molar-refractivity contribution in [3.63, 3.8) is 0 Å². The van der Waals surface area contributed by atoms with Crippen molar-refractivity contribution < 1.29 is 9.59 Å². The monoisotopic (exact) mass is 290 g/mol. The third kappa shape index (κ3) is 3.78. The number of nitrogens with zero attached hydrogens (tertiary/aromatic N) is 2. The molecule has 1 fully saturated rings. The van der Waals surface area contributed by atoms with Crippen LogP contribution < -0.4 is 11.1 Å². The van der Waals surface area contributed by atoms with E-state index in [-0.39, 0.29) is 18.5 Å². The summed E-state index contributed by atoms with van der Waals surface area (Å²) in [5.41, 5.74) is 7.41. The van der Waals surface area contributed by atoms with Crippen LogP contribution in [0.15, 0.2) is 12.1 Å². The van der Waals surface area contributed by atoms with Gasteiger partial charge in [0.25, 0.3) is 5.91 Å². The number of primary amides is 1. The van der Waals surface area contributed by atoms with E-state index in [2.05, 4.69) is 10.3 Å². The molecular formula is C15H22N4O2. The maximum atomic E-state index is 12.8. The van der Waals surface area contributed by atoms with Crippen molar-refractivity contribution in [1.29, 1.82) is 0 Å². The van der Waals surface area contributed by atoms with Crippen LogP contribution in [0.1, 0.15) is 34.6 Å². The van der Waals surface area contributed by atoms with Crippen molar-refractivity contribution in [3.05, 3.63) is 29.1 Å². The number of hydrogen-bond donors (Lipinski definition) is 2. The Morgan fingerprint density at radius 3 is 2.57 bits per heavy atom. The van der Waals surface area contributed by atoms with Gasteiger partial charge in [0.15, 0.2) is 0 Å². The smallest absolute Gasteiger partial charge is 0.256 e. The van der Waals surface area contributed by atoms with E-state index in [9.17, 15) is 9.59 Å². The number of nitrogens with two attached hydrogens (primary N) is 1. The molecule has 2 heterocycles. The van der Waals surface area contributed by atoms with E-state index >= 15 is 0 Å². The average Bonchev–Trinajstić information content (AvgIpc) is 2.45. The molecular weight excluding hydrogens is 268 g/mol. The molecule has 1 saturated heterocycles.